The summed E-state index contributed by atoms with van der Waals surface area (Å²) in [4.78, 5) is 7.56. The van der Waals surface area contributed by atoms with Gasteiger partial charge in [-0.25, -0.2) is 4.98 Å². The Morgan fingerprint density at radius 3 is 2.50 bits per heavy atom. The minimum atomic E-state index is 1.02. The summed E-state index contributed by atoms with van der Waals surface area (Å²) in [5.74, 6) is 0. The molecule has 2 rings (SSSR count). The van der Waals surface area contributed by atoms with Crippen molar-refractivity contribution < 1.29 is 0 Å². The molecule has 2 aromatic rings. The summed E-state index contributed by atoms with van der Waals surface area (Å²) >= 11 is 0. The highest BCUT2D eigenvalue weighted by Crippen LogP contribution is 2.13. The van der Waals surface area contributed by atoms with Gasteiger partial charge in [-0.15, -0.1) is 9.89 Å². The van der Waals surface area contributed by atoms with Gasteiger partial charge in [-0.05, 0) is 31.5 Å². The van der Waals surface area contributed by atoms with Crippen LogP contribution in [0, 0.1) is 0 Å². The van der Waals surface area contributed by atoms with Crippen molar-refractivity contribution >= 4 is 11.9 Å². The number of hydrogen-bond acceptors (Lipinski definition) is 4. The lowest BCUT2D eigenvalue weighted by Crippen LogP contribution is -2.21. The van der Waals surface area contributed by atoms with Gasteiger partial charge >= 0.3 is 0 Å². The summed E-state index contributed by atoms with van der Waals surface area (Å²) in [6, 6.07) is 8.31. The van der Waals surface area contributed by atoms with Gasteiger partial charge in [0.05, 0.1) is 6.21 Å². The number of aromatic nitrogens is 3. The van der Waals surface area contributed by atoms with Crippen LogP contribution in [0.5, 0.6) is 0 Å². The zero-order valence-electron chi connectivity index (χ0n) is 10.7. The third-order valence-electron chi connectivity index (χ3n) is 2.75. The average molecular weight is 243 g/mol. The van der Waals surface area contributed by atoms with Crippen molar-refractivity contribution in [2.75, 3.05) is 18.0 Å². The molecule has 1 heterocycles. The van der Waals surface area contributed by atoms with E-state index < -0.39 is 0 Å². The van der Waals surface area contributed by atoms with Crippen LogP contribution in [-0.4, -0.2) is 34.2 Å². The third kappa shape index (κ3) is 2.94. The van der Waals surface area contributed by atoms with E-state index in [4.69, 9.17) is 0 Å². The second kappa shape index (κ2) is 5.95. The van der Waals surface area contributed by atoms with Crippen molar-refractivity contribution in [3.8, 4) is 0 Å². The predicted molar refractivity (Wildman–Crippen MR) is 73.0 cm³/mol. The smallest absolute Gasteiger partial charge is 0.139 e. The molecule has 5 nitrogen and oxygen atoms in total. The number of rotatable bonds is 5. The van der Waals surface area contributed by atoms with Gasteiger partial charge < -0.3 is 4.90 Å². The standard InChI is InChI=1S/C13H17N5/c1-3-17(4-2)13-7-5-12(6-8-13)9-15-18-11-14-10-16-18/h5-11H,3-4H2,1-2H3/b15-9+. The molecule has 0 aliphatic rings. The average Bonchev–Trinajstić information content (AvgIpc) is 2.92. The van der Waals surface area contributed by atoms with Gasteiger partial charge in [0, 0.05) is 18.8 Å². The molecular weight excluding hydrogens is 226 g/mol. The summed E-state index contributed by atoms with van der Waals surface area (Å²) in [6.07, 6.45) is 4.78. The minimum Gasteiger partial charge on any atom is -0.372 e. The molecule has 94 valence electrons. The minimum absolute atomic E-state index is 1.02. The summed E-state index contributed by atoms with van der Waals surface area (Å²) in [5.41, 5.74) is 2.28. The number of benzene rings is 1. The van der Waals surface area contributed by atoms with Gasteiger partial charge in [-0.1, -0.05) is 12.1 Å². The van der Waals surface area contributed by atoms with E-state index in [0.29, 0.717) is 0 Å². The number of hydrogen-bond donors (Lipinski definition) is 0. The first-order valence-corrected chi connectivity index (χ1v) is 6.07. The quantitative estimate of drug-likeness (QED) is 0.755. The van der Waals surface area contributed by atoms with E-state index in [2.05, 4.69) is 46.1 Å². The Balaban J connectivity index is 2.08. The maximum Gasteiger partial charge on any atom is 0.139 e. The topological polar surface area (TPSA) is 46.3 Å². The molecular formula is C13H17N5. The van der Waals surface area contributed by atoms with Crippen LogP contribution in [0.15, 0.2) is 42.0 Å². The molecule has 0 radical (unpaired) electrons. The Kier molecular flexibility index (Phi) is 4.06. The van der Waals surface area contributed by atoms with Gasteiger partial charge in [0.15, 0.2) is 0 Å². The number of nitrogens with zero attached hydrogens (tertiary/aromatic N) is 5. The lowest BCUT2D eigenvalue weighted by molar-refractivity contribution is 0.743. The molecule has 0 saturated carbocycles. The highest BCUT2D eigenvalue weighted by molar-refractivity contribution is 5.80. The van der Waals surface area contributed by atoms with Crippen LogP contribution < -0.4 is 4.90 Å². The van der Waals surface area contributed by atoms with Crippen molar-refractivity contribution in [3.05, 3.63) is 42.5 Å². The van der Waals surface area contributed by atoms with E-state index in [-0.39, 0.29) is 0 Å². The second-order valence-electron chi connectivity index (χ2n) is 3.82. The van der Waals surface area contributed by atoms with Gasteiger partial charge in [0.25, 0.3) is 0 Å². The fraction of sp³-hybridized carbons (Fsp3) is 0.308. The summed E-state index contributed by atoms with van der Waals surface area (Å²) in [5, 5.41) is 8.06. The molecule has 1 aromatic carbocycles. The van der Waals surface area contributed by atoms with E-state index in [0.717, 1.165) is 18.7 Å². The Labute approximate surface area is 107 Å². The van der Waals surface area contributed by atoms with Gasteiger partial charge in [0.2, 0.25) is 0 Å². The van der Waals surface area contributed by atoms with E-state index in [1.807, 2.05) is 12.1 Å². The van der Waals surface area contributed by atoms with Crippen molar-refractivity contribution in [1.82, 2.24) is 14.9 Å². The molecule has 0 aliphatic carbocycles. The molecule has 0 fully saturated rings. The normalized spacial score (nSPS) is 11.0. The molecule has 0 spiro atoms. The second-order valence-corrected chi connectivity index (χ2v) is 3.82. The molecule has 0 atom stereocenters. The zero-order valence-corrected chi connectivity index (χ0v) is 10.7. The molecule has 1 aromatic heterocycles. The zero-order chi connectivity index (χ0) is 12.8. The molecule has 0 amide bonds. The van der Waals surface area contributed by atoms with Crippen molar-refractivity contribution in [2.24, 2.45) is 5.10 Å². The molecule has 0 unspecified atom stereocenters. The molecule has 18 heavy (non-hydrogen) atoms. The van der Waals surface area contributed by atoms with E-state index in [1.165, 1.54) is 16.8 Å². The first-order valence-electron chi connectivity index (χ1n) is 6.07. The third-order valence-corrected chi connectivity index (χ3v) is 2.75. The largest absolute Gasteiger partial charge is 0.372 e. The fourth-order valence-corrected chi connectivity index (χ4v) is 1.75. The first kappa shape index (κ1) is 12.3. The molecule has 0 saturated heterocycles. The lowest BCUT2D eigenvalue weighted by atomic mass is 10.2. The monoisotopic (exact) mass is 243 g/mol. The summed E-state index contributed by atoms with van der Waals surface area (Å²) < 4.78 is 0. The van der Waals surface area contributed by atoms with Gasteiger partial charge in [-0.2, -0.15) is 5.10 Å². The van der Waals surface area contributed by atoms with Crippen LogP contribution in [0.2, 0.25) is 0 Å². The van der Waals surface area contributed by atoms with Crippen molar-refractivity contribution in [3.63, 3.8) is 0 Å². The Hall–Kier alpha value is -2.17. The van der Waals surface area contributed by atoms with Gasteiger partial charge in [0.1, 0.15) is 12.7 Å². The summed E-state index contributed by atoms with van der Waals surface area (Å²) in [6.45, 7) is 6.35. The van der Waals surface area contributed by atoms with Crippen molar-refractivity contribution in [1.29, 1.82) is 0 Å². The molecule has 5 heteroatoms. The maximum atomic E-state index is 4.16. The molecule has 0 N–H and O–H groups in total. The van der Waals surface area contributed by atoms with Crippen LogP contribution in [-0.2, 0) is 0 Å². The van der Waals surface area contributed by atoms with Crippen LogP contribution in [0.25, 0.3) is 0 Å². The number of anilines is 1. The first-order chi connectivity index (χ1) is 8.83. The van der Waals surface area contributed by atoms with E-state index in [1.54, 1.807) is 12.5 Å². The van der Waals surface area contributed by atoms with Gasteiger partial charge in [-0.3, -0.25) is 0 Å². The van der Waals surface area contributed by atoms with Crippen LogP contribution in [0.1, 0.15) is 19.4 Å². The van der Waals surface area contributed by atoms with Crippen LogP contribution in [0.4, 0.5) is 5.69 Å². The Bertz CT molecular complexity index is 483. The SMILES string of the molecule is CCN(CC)c1ccc(/C=N/n2cncn2)cc1. The highest BCUT2D eigenvalue weighted by atomic mass is 15.5. The highest BCUT2D eigenvalue weighted by Gasteiger charge is 2.00. The van der Waals surface area contributed by atoms with Crippen LogP contribution in [0.3, 0.4) is 0 Å². The van der Waals surface area contributed by atoms with E-state index in [9.17, 15) is 0 Å². The summed E-state index contributed by atoms with van der Waals surface area (Å²) in [7, 11) is 0. The Morgan fingerprint density at radius 2 is 1.94 bits per heavy atom. The van der Waals surface area contributed by atoms with Crippen LogP contribution >= 0.6 is 0 Å². The maximum absolute atomic E-state index is 4.16. The van der Waals surface area contributed by atoms with E-state index >= 15 is 0 Å². The van der Waals surface area contributed by atoms with Crippen molar-refractivity contribution in [2.45, 2.75) is 13.8 Å². The lowest BCUT2D eigenvalue weighted by Gasteiger charge is -2.20. The fourth-order valence-electron chi connectivity index (χ4n) is 1.75. The molecule has 0 aliphatic heterocycles. The predicted octanol–water partition coefficient (Wildman–Crippen LogP) is 2.01. The molecule has 0 bridgehead atoms. The Morgan fingerprint density at radius 1 is 1.22 bits per heavy atom.